The second-order valence-corrected chi connectivity index (χ2v) is 6.73. The number of hydrogen-bond donors (Lipinski definition) is 2. The first kappa shape index (κ1) is 16.9. The van der Waals surface area contributed by atoms with Gasteiger partial charge in [0.15, 0.2) is 5.82 Å². The van der Waals surface area contributed by atoms with Gasteiger partial charge >= 0.3 is 0 Å². The maximum atomic E-state index is 12.4. The van der Waals surface area contributed by atoms with Crippen molar-refractivity contribution in [2.75, 3.05) is 0 Å². The van der Waals surface area contributed by atoms with Gasteiger partial charge in [-0.2, -0.15) is 10.4 Å². The van der Waals surface area contributed by atoms with Crippen molar-refractivity contribution in [3.8, 4) is 17.3 Å². The fourth-order valence-corrected chi connectivity index (χ4v) is 3.15. The highest BCUT2D eigenvalue weighted by molar-refractivity contribution is 9.10. The van der Waals surface area contributed by atoms with Crippen LogP contribution in [0.1, 0.15) is 11.4 Å². The molecule has 0 atom stereocenters. The average Bonchev–Trinajstić information content (AvgIpc) is 3.15. The van der Waals surface area contributed by atoms with Crippen molar-refractivity contribution in [2.45, 2.75) is 0 Å². The number of aromatic amines is 2. The Balaban J connectivity index is 1.84. The lowest BCUT2D eigenvalue weighted by molar-refractivity contribution is 1.10. The third kappa shape index (κ3) is 3.30. The topological polar surface area (TPSA) is 98.2 Å². The first-order valence-electron chi connectivity index (χ1n) is 8.06. The summed E-state index contributed by atoms with van der Waals surface area (Å²) >= 11 is 3.34. The quantitative estimate of drug-likeness (QED) is 0.489. The number of rotatable bonds is 3. The molecule has 0 radical (unpaired) electrons. The average molecular weight is 418 g/mol. The molecule has 0 unspecified atom stereocenters. The van der Waals surface area contributed by atoms with Gasteiger partial charge in [-0.15, -0.1) is 0 Å². The fourth-order valence-electron chi connectivity index (χ4n) is 2.79. The van der Waals surface area contributed by atoms with Crippen molar-refractivity contribution in [3.63, 3.8) is 0 Å². The first-order chi connectivity index (χ1) is 13.2. The number of allylic oxidation sites excluding steroid dienone is 1. The van der Waals surface area contributed by atoms with Crippen LogP contribution in [0.2, 0.25) is 0 Å². The third-order valence-corrected chi connectivity index (χ3v) is 4.57. The van der Waals surface area contributed by atoms with Gasteiger partial charge in [-0.3, -0.25) is 9.89 Å². The van der Waals surface area contributed by atoms with E-state index in [9.17, 15) is 10.1 Å². The standard InChI is InChI=1S/C20H12BrN5O/c21-15-6-7-17-16(9-15)20(27)25-19(24-17)13(10-22)8-14-11-23-26-18(14)12-4-2-1-3-5-12/h1-9,11H,(H,23,26)(H,24,25,27)/b13-8+. The van der Waals surface area contributed by atoms with Gasteiger partial charge in [0.25, 0.3) is 5.56 Å². The molecule has 4 rings (SSSR count). The molecule has 2 N–H and O–H groups in total. The second-order valence-electron chi connectivity index (χ2n) is 5.81. The molecule has 6 nitrogen and oxygen atoms in total. The SMILES string of the molecule is N#C/C(=C\c1cn[nH]c1-c1ccccc1)c1nc2ccc(Br)cc2c(=O)[nH]1. The summed E-state index contributed by atoms with van der Waals surface area (Å²) in [4.78, 5) is 19.5. The van der Waals surface area contributed by atoms with Gasteiger partial charge in [0.1, 0.15) is 6.07 Å². The molecule has 0 amide bonds. The molecule has 0 bridgehead atoms. The van der Waals surface area contributed by atoms with E-state index in [2.05, 4.69) is 42.2 Å². The van der Waals surface area contributed by atoms with Crippen molar-refractivity contribution in [1.29, 1.82) is 5.26 Å². The number of nitrogens with zero attached hydrogens (tertiary/aromatic N) is 3. The molecule has 2 heterocycles. The Hall–Kier alpha value is -3.50. The van der Waals surface area contributed by atoms with Crippen LogP contribution in [0.25, 0.3) is 33.8 Å². The number of halogens is 1. The predicted molar refractivity (Wildman–Crippen MR) is 108 cm³/mol. The van der Waals surface area contributed by atoms with Gasteiger partial charge < -0.3 is 4.98 Å². The van der Waals surface area contributed by atoms with E-state index in [0.29, 0.717) is 10.9 Å². The summed E-state index contributed by atoms with van der Waals surface area (Å²) in [6.45, 7) is 0. The predicted octanol–water partition coefficient (Wildman–Crippen LogP) is 4.14. The lowest BCUT2D eigenvalue weighted by Crippen LogP contribution is -2.11. The molecule has 0 fully saturated rings. The van der Waals surface area contributed by atoms with E-state index in [1.807, 2.05) is 30.3 Å². The Morgan fingerprint density at radius 1 is 1.19 bits per heavy atom. The zero-order chi connectivity index (χ0) is 18.8. The molecule has 0 spiro atoms. The van der Waals surface area contributed by atoms with Crippen molar-refractivity contribution < 1.29 is 0 Å². The van der Waals surface area contributed by atoms with Crippen LogP contribution in [0.4, 0.5) is 0 Å². The van der Waals surface area contributed by atoms with Crippen molar-refractivity contribution >= 4 is 38.5 Å². The number of nitrogens with one attached hydrogen (secondary N) is 2. The van der Waals surface area contributed by atoms with Crippen LogP contribution in [-0.4, -0.2) is 20.2 Å². The number of hydrogen-bond acceptors (Lipinski definition) is 4. The van der Waals surface area contributed by atoms with Crippen LogP contribution in [-0.2, 0) is 0 Å². The van der Waals surface area contributed by atoms with Crippen molar-refractivity contribution in [3.05, 3.63) is 80.9 Å². The van der Waals surface area contributed by atoms with Crippen LogP contribution in [0, 0.1) is 11.3 Å². The Morgan fingerprint density at radius 2 is 2.00 bits per heavy atom. The van der Waals surface area contributed by atoms with E-state index in [4.69, 9.17) is 0 Å². The highest BCUT2D eigenvalue weighted by atomic mass is 79.9. The van der Waals surface area contributed by atoms with E-state index in [1.165, 1.54) is 0 Å². The van der Waals surface area contributed by atoms with E-state index < -0.39 is 0 Å². The summed E-state index contributed by atoms with van der Waals surface area (Å²) in [5.74, 6) is 0.220. The Morgan fingerprint density at radius 3 is 2.78 bits per heavy atom. The third-order valence-electron chi connectivity index (χ3n) is 4.07. The lowest BCUT2D eigenvalue weighted by atomic mass is 10.1. The molecule has 0 aliphatic heterocycles. The molecule has 0 saturated heterocycles. The molecular weight excluding hydrogens is 406 g/mol. The fraction of sp³-hybridized carbons (Fsp3) is 0. The highest BCUT2D eigenvalue weighted by Crippen LogP contribution is 2.25. The van der Waals surface area contributed by atoms with E-state index in [0.717, 1.165) is 21.3 Å². The van der Waals surface area contributed by atoms with Gasteiger partial charge in [0.05, 0.1) is 28.4 Å². The van der Waals surface area contributed by atoms with Crippen LogP contribution >= 0.6 is 15.9 Å². The summed E-state index contributed by atoms with van der Waals surface area (Å²) in [5, 5.41) is 17.1. The van der Waals surface area contributed by atoms with E-state index in [1.54, 1.807) is 30.5 Å². The van der Waals surface area contributed by atoms with Crippen LogP contribution in [0.3, 0.4) is 0 Å². The van der Waals surface area contributed by atoms with Crippen LogP contribution < -0.4 is 5.56 Å². The van der Waals surface area contributed by atoms with E-state index >= 15 is 0 Å². The molecule has 7 heteroatoms. The molecule has 27 heavy (non-hydrogen) atoms. The second kappa shape index (κ2) is 7.02. The first-order valence-corrected chi connectivity index (χ1v) is 8.85. The van der Waals surface area contributed by atoms with Crippen molar-refractivity contribution in [1.82, 2.24) is 20.2 Å². The summed E-state index contributed by atoms with van der Waals surface area (Å²) in [5.41, 5.74) is 2.94. The molecule has 0 saturated carbocycles. The lowest BCUT2D eigenvalue weighted by Gasteiger charge is -2.03. The number of nitriles is 1. The minimum Gasteiger partial charge on any atom is -0.305 e. The maximum Gasteiger partial charge on any atom is 0.259 e. The van der Waals surface area contributed by atoms with Crippen LogP contribution in [0.15, 0.2) is 64.0 Å². The summed E-state index contributed by atoms with van der Waals surface area (Å²) in [7, 11) is 0. The zero-order valence-corrected chi connectivity index (χ0v) is 15.5. The monoisotopic (exact) mass is 417 g/mol. The van der Waals surface area contributed by atoms with E-state index in [-0.39, 0.29) is 17.0 Å². The molecule has 4 aromatic rings. The highest BCUT2D eigenvalue weighted by Gasteiger charge is 2.11. The smallest absolute Gasteiger partial charge is 0.259 e. The number of benzene rings is 2. The zero-order valence-electron chi connectivity index (χ0n) is 13.9. The molecule has 2 aromatic heterocycles. The minimum absolute atomic E-state index is 0.220. The summed E-state index contributed by atoms with van der Waals surface area (Å²) in [6.07, 6.45) is 3.30. The molecule has 0 aliphatic carbocycles. The van der Waals surface area contributed by atoms with Gasteiger partial charge in [-0.25, -0.2) is 4.98 Å². The molecule has 0 aliphatic rings. The number of fused-ring (bicyclic) bond motifs is 1. The van der Waals surface area contributed by atoms with Gasteiger partial charge in [-0.05, 0) is 24.3 Å². The Labute approximate surface area is 162 Å². The largest absolute Gasteiger partial charge is 0.305 e. The van der Waals surface area contributed by atoms with Crippen molar-refractivity contribution in [2.24, 2.45) is 0 Å². The summed E-state index contributed by atoms with van der Waals surface area (Å²) in [6, 6.07) is 17.0. The molecular formula is C20H12BrN5O. The van der Waals surface area contributed by atoms with Gasteiger partial charge in [-0.1, -0.05) is 46.3 Å². The Bertz CT molecular complexity index is 1270. The normalized spacial score (nSPS) is 11.5. The number of aromatic nitrogens is 4. The number of H-pyrrole nitrogens is 2. The maximum absolute atomic E-state index is 12.4. The summed E-state index contributed by atoms with van der Waals surface area (Å²) < 4.78 is 0.789. The van der Waals surface area contributed by atoms with Gasteiger partial charge in [0, 0.05) is 15.6 Å². The minimum atomic E-state index is -0.298. The van der Waals surface area contributed by atoms with Crippen LogP contribution in [0.5, 0.6) is 0 Å². The molecule has 130 valence electrons. The Kier molecular flexibility index (Phi) is 4.40. The molecule has 2 aromatic carbocycles. The van der Waals surface area contributed by atoms with Gasteiger partial charge in [0.2, 0.25) is 0 Å².